The Morgan fingerprint density at radius 3 is 2.24 bits per heavy atom. The number of nitrogens with one attached hydrogen (secondary N) is 1. The molecule has 192 valence electrons. The molecule has 0 aliphatic heterocycles. The maximum Gasteiger partial charge on any atom is 0.247 e. The average Bonchev–Trinajstić information content (AvgIpc) is 3.27. The van der Waals surface area contributed by atoms with E-state index in [9.17, 15) is 13.2 Å². The molecule has 38 heavy (non-hydrogen) atoms. The number of aromatic nitrogens is 2. The van der Waals surface area contributed by atoms with Crippen LogP contribution in [0.5, 0.6) is 0 Å². The summed E-state index contributed by atoms with van der Waals surface area (Å²) in [5, 5.41) is 2.11. The first-order chi connectivity index (χ1) is 18.4. The maximum absolute atomic E-state index is 13.2. The molecule has 0 aliphatic rings. The molecular formula is C30H26ClN3O3S. The number of hydrogen-bond donors (Lipinski definition) is 1. The Hall–Kier alpha value is -3.94. The first kappa shape index (κ1) is 25.7. The summed E-state index contributed by atoms with van der Waals surface area (Å²) < 4.78 is 27.7. The van der Waals surface area contributed by atoms with Gasteiger partial charge in [-0.25, -0.2) is 13.4 Å². The quantitative estimate of drug-likeness (QED) is 0.241. The molecule has 0 saturated heterocycles. The summed E-state index contributed by atoms with van der Waals surface area (Å²) >= 11 is 6.24. The van der Waals surface area contributed by atoms with Crippen LogP contribution in [0.2, 0.25) is 5.02 Å². The lowest BCUT2D eigenvalue weighted by Gasteiger charge is -2.17. The number of anilines is 1. The third-order valence-electron chi connectivity index (χ3n) is 6.41. The molecule has 5 aromatic rings. The first-order valence-electron chi connectivity index (χ1n) is 12.2. The van der Waals surface area contributed by atoms with Gasteiger partial charge in [0, 0.05) is 28.6 Å². The minimum absolute atomic E-state index is 0.138. The molecule has 0 spiro atoms. The number of amides is 1. The van der Waals surface area contributed by atoms with Gasteiger partial charge in [-0.2, -0.15) is 0 Å². The van der Waals surface area contributed by atoms with Crippen LogP contribution in [-0.2, 0) is 21.2 Å². The average molecular weight is 544 g/mol. The summed E-state index contributed by atoms with van der Waals surface area (Å²) in [6.07, 6.45) is 0. The third kappa shape index (κ3) is 5.35. The second-order valence-electron chi connectivity index (χ2n) is 8.95. The number of benzene rings is 4. The molecule has 1 N–H and O–H groups in total. The van der Waals surface area contributed by atoms with Gasteiger partial charge >= 0.3 is 0 Å². The molecule has 4 aromatic carbocycles. The lowest BCUT2D eigenvalue weighted by atomic mass is 10.1. The van der Waals surface area contributed by atoms with E-state index in [0.717, 1.165) is 28.0 Å². The van der Waals surface area contributed by atoms with E-state index in [1.165, 1.54) is 0 Å². The fourth-order valence-electron chi connectivity index (χ4n) is 4.48. The number of carbonyl (C=O) groups excluding carboxylic acids is 1. The minimum atomic E-state index is -3.67. The van der Waals surface area contributed by atoms with Crippen LogP contribution < -0.4 is 5.32 Å². The number of fused-ring (bicyclic) bond motifs is 1. The van der Waals surface area contributed by atoms with E-state index in [1.54, 1.807) is 49.4 Å². The number of carbonyl (C=O) groups is 1. The van der Waals surface area contributed by atoms with E-state index < -0.39 is 21.0 Å². The van der Waals surface area contributed by atoms with E-state index >= 15 is 0 Å². The highest BCUT2D eigenvalue weighted by Gasteiger charge is 2.32. The van der Waals surface area contributed by atoms with Gasteiger partial charge in [0.05, 0.1) is 11.0 Å². The van der Waals surface area contributed by atoms with Crippen molar-refractivity contribution < 1.29 is 13.2 Å². The van der Waals surface area contributed by atoms with Crippen LogP contribution in [0.3, 0.4) is 0 Å². The summed E-state index contributed by atoms with van der Waals surface area (Å²) in [6, 6.07) is 31.6. The highest BCUT2D eigenvalue weighted by Crippen LogP contribution is 2.30. The van der Waals surface area contributed by atoms with Gasteiger partial charge < -0.3 is 9.88 Å². The third-order valence-corrected chi connectivity index (χ3v) is 8.65. The summed E-state index contributed by atoms with van der Waals surface area (Å²) in [6.45, 7) is 2.17. The summed E-state index contributed by atoms with van der Waals surface area (Å²) in [5.41, 5.74) is 4.68. The van der Waals surface area contributed by atoms with Crippen LogP contribution in [0.15, 0.2) is 103 Å². The number of hydrogen-bond acceptors (Lipinski definition) is 4. The van der Waals surface area contributed by atoms with Crippen LogP contribution in [0.25, 0.3) is 22.4 Å². The number of rotatable bonds is 8. The van der Waals surface area contributed by atoms with Crippen LogP contribution in [0.1, 0.15) is 23.3 Å². The largest absolute Gasteiger partial charge is 0.325 e. The predicted molar refractivity (Wildman–Crippen MR) is 153 cm³/mol. The van der Waals surface area contributed by atoms with Crippen molar-refractivity contribution in [1.29, 1.82) is 0 Å². The monoisotopic (exact) mass is 543 g/mol. The van der Waals surface area contributed by atoms with E-state index in [0.29, 0.717) is 22.8 Å². The first-order valence-corrected chi connectivity index (χ1v) is 14.3. The molecule has 1 atom stereocenters. The maximum atomic E-state index is 13.2. The molecule has 1 unspecified atom stereocenters. The van der Waals surface area contributed by atoms with Gasteiger partial charge in [-0.05, 0) is 53.6 Å². The predicted octanol–water partition coefficient (Wildman–Crippen LogP) is 6.52. The zero-order valence-electron chi connectivity index (χ0n) is 20.7. The SMILES string of the molecule is CCS(=O)(=O)C(C(=O)Nc1ccc(-c2nc3cc(Cl)ccc3n2Cc2ccccc2)cc1)c1ccccc1. The van der Waals surface area contributed by atoms with Crippen molar-refractivity contribution in [2.24, 2.45) is 0 Å². The number of sulfone groups is 1. The molecule has 0 fully saturated rings. The van der Waals surface area contributed by atoms with Crippen LogP contribution >= 0.6 is 11.6 Å². The van der Waals surface area contributed by atoms with Gasteiger partial charge in [0.25, 0.3) is 0 Å². The van der Waals surface area contributed by atoms with Crippen molar-refractivity contribution in [3.63, 3.8) is 0 Å². The molecule has 0 radical (unpaired) electrons. The van der Waals surface area contributed by atoms with E-state index in [4.69, 9.17) is 16.6 Å². The van der Waals surface area contributed by atoms with Gasteiger partial charge in [0.15, 0.2) is 15.1 Å². The molecule has 1 aromatic heterocycles. The highest BCUT2D eigenvalue weighted by molar-refractivity contribution is 7.92. The highest BCUT2D eigenvalue weighted by atomic mass is 35.5. The molecule has 5 rings (SSSR count). The van der Waals surface area contributed by atoms with Gasteiger partial charge in [-0.3, -0.25) is 4.79 Å². The van der Waals surface area contributed by atoms with Crippen molar-refractivity contribution in [3.05, 3.63) is 119 Å². The number of imidazole rings is 1. The van der Waals surface area contributed by atoms with E-state index in [1.807, 2.05) is 48.5 Å². The Morgan fingerprint density at radius 2 is 1.58 bits per heavy atom. The van der Waals surface area contributed by atoms with Crippen molar-refractivity contribution in [3.8, 4) is 11.4 Å². The molecule has 1 heterocycles. The zero-order valence-corrected chi connectivity index (χ0v) is 22.3. The summed E-state index contributed by atoms with van der Waals surface area (Å²) in [7, 11) is -3.67. The smallest absolute Gasteiger partial charge is 0.247 e. The van der Waals surface area contributed by atoms with Gasteiger partial charge in [0.1, 0.15) is 5.82 Å². The number of nitrogens with zero attached hydrogens (tertiary/aromatic N) is 2. The Balaban J connectivity index is 1.46. The Kier molecular flexibility index (Phi) is 7.31. The normalized spacial score (nSPS) is 12.4. The lowest BCUT2D eigenvalue weighted by molar-refractivity contribution is -0.115. The summed E-state index contributed by atoms with van der Waals surface area (Å²) in [4.78, 5) is 18.0. The Bertz CT molecular complexity index is 1680. The van der Waals surface area contributed by atoms with Crippen molar-refractivity contribution in [2.45, 2.75) is 18.7 Å². The topological polar surface area (TPSA) is 81.1 Å². The fourth-order valence-corrected chi connectivity index (χ4v) is 5.93. The Labute approximate surface area is 226 Å². The minimum Gasteiger partial charge on any atom is -0.325 e. The molecule has 6 nitrogen and oxygen atoms in total. The van der Waals surface area contributed by atoms with E-state index in [-0.39, 0.29) is 5.75 Å². The van der Waals surface area contributed by atoms with Crippen molar-refractivity contribution in [2.75, 3.05) is 11.1 Å². The van der Waals surface area contributed by atoms with Crippen molar-refractivity contribution >= 4 is 44.1 Å². The molecule has 0 saturated carbocycles. The van der Waals surface area contributed by atoms with Gasteiger partial charge in [-0.1, -0.05) is 79.2 Å². The van der Waals surface area contributed by atoms with Crippen LogP contribution in [0.4, 0.5) is 5.69 Å². The second kappa shape index (κ2) is 10.8. The summed E-state index contributed by atoms with van der Waals surface area (Å²) in [5.74, 6) is 0.0390. The van der Waals surface area contributed by atoms with Crippen LogP contribution in [0, 0.1) is 0 Å². The Morgan fingerprint density at radius 1 is 0.921 bits per heavy atom. The number of halogens is 1. The second-order valence-corrected chi connectivity index (χ2v) is 11.8. The van der Waals surface area contributed by atoms with E-state index in [2.05, 4.69) is 22.0 Å². The zero-order chi connectivity index (χ0) is 26.7. The molecule has 0 bridgehead atoms. The van der Waals surface area contributed by atoms with Crippen molar-refractivity contribution in [1.82, 2.24) is 9.55 Å². The standard InChI is InChI=1S/C30H26ClN3O3S/c1-2-38(36,37)28(22-11-7-4-8-12-22)30(35)32-25-16-13-23(14-17-25)29-33-26-19-24(31)15-18-27(26)34(29)20-21-9-5-3-6-10-21/h3-19,28H,2,20H2,1H3,(H,32,35). The molecule has 8 heteroatoms. The molecule has 1 amide bonds. The molecular weight excluding hydrogens is 518 g/mol. The van der Waals surface area contributed by atoms with Crippen LogP contribution in [-0.4, -0.2) is 29.6 Å². The molecule has 0 aliphatic carbocycles. The van der Waals surface area contributed by atoms with Gasteiger partial charge in [0.2, 0.25) is 5.91 Å². The van der Waals surface area contributed by atoms with Gasteiger partial charge in [-0.15, -0.1) is 0 Å². The fraction of sp³-hybridized carbons (Fsp3) is 0.133. The lowest BCUT2D eigenvalue weighted by Crippen LogP contribution is -2.29.